The van der Waals surface area contributed by atoms with Crippen molar-refractivity contribution in [2.75, 3.05) is 20.1 Å². The first-order valence-electron chi connectivity index (χ1n) is 8.97. The van der Waals surface area contributed by atoms with Crippen molar-refractivity contribution in [3.8, 4) is 0 Å². The smallest absolute Gasteiger partial charge is 0.276 e. The van der Waals surface area contributed by atoms with E-state index >= 15 is 0 Å². The van der Waals surface area contributed by atoms with Crippen LogP contribution in [0.3, 0.4) is 0 Å². The van der Waals surface area contributed by atoms with Crippen LogP contribution in [0.4, 0.5) is 0 Å². The second kappa shape index (κ2) is 8.30. The summed E-state index contributed by atoms with van der Waals surface area (Å²) in [5.41, 5.74) is 1.45. The monoisotopic (exact) mass is 355 g/mol. The van der Waals surface area contributed by atoms with Crippen LogP contribution in [-0.4, -0.2) is 52.0 Å². The standard InChI is InChI=1S/C17H29N5O.ClH/c1-12-5-4-6-15(11-12)21(3)17(23)16-13(2)22(20-19-16)14-7-9-18-10-8-14;/h12,14-15,18H,4-11H2,1-3H3;1H. The van der Waals surface area contributed by atoms with Gasteiger partial charge < -0.3 is 10.2 Å². The van der Waals surface area contributed by atoms with E-state index in [1.54, 1.807) is 0 Å². The molecule has 2 fully saturated rings. The summed E-state index contributed by atoms with van der Waals surface area (Å²) in [5.74, 6) is 0.734. The molecule has 24 heavy (non-hydrogen) atoms. The number of aromatic nitrogens is 3. The lowest BCUT2D eigenvalue weighted by atomic mass is 9.86. The van der Waals surface area contributed by atoms with E-state index in [-0.39, 0.29) is 18.3 Å². The molecule has 1 saturated heterocycles. The number of piperidine rings is 1. The SMILES string of the molecule is Cc1c(C(=O)N(C)C2CCCC(C)C2)nnn1C1CCNCC1.Cl. The van der Waals surface area contributed by atoms with E-state index in [2.05, 4.69) is 22.6 Å². The number of carbonyl (C=O) groups is 1. The summed E-state index contributed by atoms with van der Waals surface area (Å²) in [5, 5.41) is 11.9. The number of hydrogen-bond acceptors (Lipinski definition) is 4. The fraction of sp³-hybridized carbons (Fsp3) is 0.824. The first-order chi connectivity index (χ1) is 11.1. The minimum atomic E-state index is 0. The Hall–Kier alpha value is -1.14. The number of nitrogens with one attached hydrogen (secondary N) is 1. The zero-order chi connectivity index (χ0) is 16.4. The third kappa shape index (κ3) is 3.91. The summed E-state index contributed by atoms with van der Waals surface area (Å²) >= 11 is 0. The molecule has 2 aliphatic rings. The maximum absolute atomic E-state index is 12.9. The average Bonchev–Trinajstić information content (AvgIpc) is 2.96. The molecular formula is C17H30ClN5O. The molecule has 3 rings (SSSR count). The van der Waals surface area contributed by atoms with Gasteiger partial charge in [-0.05, 0) is 51.6 Å². The van der Waals surface area contributed by atoms with Crippen molar-refractivity contribution in [1.82, 2.24) is 25.2 Å². The predicted octanol–water partition coefficient (Wildman–Crippen LogP) is 2.58. The quantitative estimate of drug-likeness (QED) is 0.905. The van der Waals surface area contributed by atoms with E-state index in [1.165, 1.54) is 12.8 Å². The van der Waals surface area contributed by atoms with Gasteiger partial charge in [-0.15, -0.1) is 17.5 Å². The highest BCUT2D eigenvalue weighted by Gasteiger charge is 2.30. The molecule has 1 aromatic rings. The molecular weight excluding hydrogens is 326 g/mol. The van der Waals surface area contributed by atoms with Crippen LogP contribution in [0.5, 0.6) is 0 Å². The molecule has 1 aliphatic heterocycles. The maximum atomic E-state index is 12.9. The molecule has 0 aromatic carbocycles. The zero-order valence-electron chi connectivity index (χ0n) is 15.0. The van der Waals surface area contributed by atoms with Crippen molar-refractivity contribution < 1.29 is 4.79 Å². The molecule has 2 atom stereocenters. The van der Waals surface area contributed by atoms with Crippen LogP contribution in [0.15, 0.2) is 0 Å². The van der Waals surface area contributed by atoms with Gasteiger partial charge in [-0.3, -0.25) is 4.79 Å². The Bertz CT molecular complexity index is 555. The molecule has 136 valence electrons. The summed E-state index contributed by atoms with van der Waals surface area (Å²) in [6, 6.07) is 0.708. The predicted molar refractivity (Wildman–Crippen MR) is 96.7 cm³/mol. The van der Waals surface area contributed by atoms with Gasteiger partial charge in [-0.1, -0.05) is 25.0 Å². The lowest BCUT2D eigenvalue weighted by Crippen LogP contribution is -2.40. The largest absolute Gasteiger partial charge is 0.337 e. The Morgan fingerprint density at radius 2 is 1.96 bits per heavy atom. The lowest BCUT2D eigenvalue weighted by molar-refractivity contribution is 0.0665. The Labute approximate surface area is 150 Å². The van der Waals surface area contributed by atoms with Crippen molar-refractivity contribution in [1.29, 1.82) is 0 Å². The van der Waals surface area contributed by atoms with Crippen molar-refractivity contribution in [3.05, 3.63) is 11.4 Å². The third-order valence-corrected chi connectivity index (χ3v) is 5.56. The normalized spacial score (nSPS) is 25.1. The van der Waals surface area contributed by atoms with Gasteiger partial charge in [0.05, 0.1) is 11.7 Å². The molecule has 6 nitrogen and oxygen atoms in total. The molecule has 0 spiro atoms. The van der Waals surface area contributed by atoms with Crippen molar-refractivity contribution in [2.45, 2.75) is 64.5 Å². The van der Waals surface area contributed by atoms with Gasteiger partial charge in [0.25, 0.3) is 5.91 Å². The molecule has 1 saturated carbocycles. The Morgan fingerprint density at radius 1 is 1.25 bits per heavy atom. The minimum Gasteiger partial charge on any atom is -0.337 e. The summed E-state index contributed by atoms with van der Waals surface area (Å²) in [6.45, 7) is 6.27. The van der Waals surface area contributed by atoms with Crippen LogP contribution in [-0.2, 0) is 0 Å². The topological polar surface area (TPSA) is 63.1 Å². The number of hydrogen-bond donors (Lipinski definition) is 1. The number of carbonyl (C=O) groups excluding carboxylic acids is 1. The molecule has 7 heteroatoms. The molecule has 1 amide bonds. The third-order valence-electron chi connectivity index (χ3n) is 5.56. The molecule has 1 aromatic heterocycles. The zero-order valence-corrected chi connectivity index (χ0v) is 15.8. The Morgan fingerprint density at radius 3 is 2.62 bits per heavy atom. The van der Waals surface area contributed by atoms with Gasteiger partial charge in [0.2, 0.25) is 0 Å². The van der Waals surface area contributed by atoms with Gasteiger partial charge in [-0.2, -0.15) is 0 Å². The van der Waals surface area contributed by atoms with Crippen molar-refractivity contribution in [3.63, 3.8) is 0 Å². The fourth-order valence-electron chi connectivity index (χ4n) is 4.02. The number of amides is 1. The van der Waals surface area contributed by atoms with E-state index in [0.717, 1.165) is 44.5 Å². The molecule has 2 heterocycles. The summed E-state index contributed by atoms with van der Waals surface area (Å²) in [6.07, 6.45) is 6.80. The van der Waals surface area contributed by atoms with E-state index in [0.29, 0.717) is 23.7 Å². The molecule has 1 aliphatic carbocycles. The second-order valence-corrected chi connectivity index (χ2v) is 7.29. The van der Waals surface area contributed by atoms with E-state index in [9.17, 15) is 4.79 Å². The Kier molecular flexibility index (Phi) is 6.63. The van der Waals surface area contributed by atoms with Crippen molar-refractivity contribution >= 4 is 18.3 Å². The highest BCUT2D eigenvalue weighted by molar-refractivity contribution is 5.93. The van der Waals surface area contributed by atoms with E-state index < -0.39 is 0 Å². The van der Waals surface area contributed by atoms with Crippen LogP contribution < -0.4 is 5.32 Å². The highest BCUT2D eigenvalue weighted by atomic mass is 35.5. The van der Waals surface area contributed by atoms with Crippen LogP contribution >= 0.6 is 12.4 Å². The van der Waals surface area contributed by atoms with Crippen LogP contribution in [0.1, 0.15) is 67.7 Å². The number of halogens is 1. The van der Waals surface area contributed by atoms with Gasteiger partial charge in [-0.25, -0.2) is 4.68 Å². The number of rotatable bonds is 3. The van der Waals surface area contributed by atoms with Crippen molar-refractivity contribution in [2.24, 2.45) is 5.92 Å². The van der Waals surface area contributed by atoms with Gasteiger partial charge in [0, 0.05) is 13.1 Å². The average molecular weight is 356 g/mol. The first-order valence-corrected chi connectivity index (χ1v) is 8.97. The maximum Gasteiger partial charge on any atom is 0.276 e. The summed E-state index contributed by atoms with van der Waals surface area (Å²) < 4.78 is 1.96. The Balaban J connectivity index is 0.00000208. The van der Waals surface area contributed by atoms with Gasteiger partial charge in [0.15, 0.2) is 5.69 Å². The first kappa shape index (κ1) is 19.2. The van der Waals surface area contributed by atoms with E-state index in [1.807, 2.05) is 23.6 Å². The number of nitrogens with zero attached hydrogens (tertiary/aromatic N) is 4. The fourth-order valence-corrected chi connectivity index (χ4v) is 4.02. The summed E-state index contributed by atoms with van der Waals surface area (Å²) in [4.78, 5) is 14.8. The van der Waals surface area contributed by atoms with Crippen LogP contribution in [0.25, 0.3) is 0 Å². The second-order valence-electron chi connectivity index (χ2n) is 7.29. The molecule has 2 unspecified atom stereocenters. The molecule has 1 N–H and O–H groups in total. The molecule has 0 bridgehead atoms. The van der Waals surface area contributed by atoms with Gasteiger partial charge in [0.1, 0.15) is 0 Å². The highest BCUT2D eigenvalue weighted by Crippen LogP contribution is 2.28. The van der Waals surface area contributed by atoms with Crippen LogP contribution in [0.2, 0.25) is 0 Å². The van der Waals surface area contributed by atoms with E-state index in [4.69, 9.17) is 0 Å². The summed E-state index contributed by atoms with van der Waals surface area (Å²) in [7, 11) is 1.92. The minimum absolute atomic E-state index is 0. The molecule has 0 radical (unpaired) electrons. The lowest BCUT2D eigenvalue weighted by Gasteiger charge is -2.33. The van der Waals surface area contributed by atoms with Crippen LogP contribution in [0, 0.1) is 12.8 Å². The van der Waals surface area contributed by atoms with Gasteiger partial charge >= 0.3 is 0 Å².